The number of aryl methyl sites for hydroxylation is 1. The van der Waals surface area contributed by atoms with E-state index in [1.54, 1.807) is 0 Å². The molecular weight excluding hydrogens is 350 g/mol. The maximum atomic E-state index is 6.08. The second-order valence-electron chi connectivity index (χ2n) is 6.33. The highest BCUT2D eigenvalue weighted by molar-refractivity contribution is 9.10. The Morgan fingerprint density at radius 2 is 1.87 bits per heavy atom. The van der Waals surface area contributed by atoms with Gasteiger partial charge in [-0.1, -0.05) is 54.0 Å². The van der Waals surface area contributed by atoms with Crippen LogP contribution in [-0.2, 0) is 13.2 Å². The molecule has 0 aromatic heterocycles. The van der Waals surface area contributed by atoms with Crippen molar-refractivity contribution < 1.29 is 4.74 Å². The van der Waals surface area contributed by atoms with Gasteiger partial charge in [0, 0.05) is 16.6 Å². The smallest absolute Gasteiger partial charge is 0.124 e. The maximum absolute atomic E-state index is 6.08. The minimum atomic E-state index is 0.604. The van der Waals surface area contributed by atoms with E-state index in [4.69, 9.17) is 4.74 Å². The molecule has 124 valence electrons. The molecule has 0 spiro atoms. The van der Waals surface area contributed by atoms with Crippen molar-refractivity contribution in [2.45, 2.75) is 40.3 Å². The molecule has 23 heavy (non-hydrogen) atoms. The number of benzene rings is 2. The number of hydrogen-bond acceptors (Lipinski definition) is 2. The van der Waals surface area contributed by atoms with Crippen molar-refractivity contribution >= 4 is 15.9 Å². The van der Waals surface area contributed by atoms with Gasteiger partial charge >= 0.3 is 0 Å². The van der Waals surface area contributed by atoms with Crippen LogP contribution >= 0.6 is 15.9 Å². The zero-order valence-corrected chi connectivity index (χ0v) is 15.8. The number of hydrogen-bond donors (Lipinski definition) is 1. The molecule has 0 aliphatic heterocycles. The maximum Gasteiger partial charge on any atom is 0.124 e. The van der Waals surface area contributed by atoms with Gasteiger partial charge < -0.3 is 10.1 Å². The van der Waals surface area contributed by atoms with Crippen molar-refractivity contribution in [3.05, 3.63) is 63.6 Å². The summed E-state index contributed by atoms with van der Waals surface area (Å²) in [5, 5.41) is 3.51. The van der Waals surface area contributed by atoms with Crippen molar-refractivity contribution in [3.8, 4) is 5.75 Å². The van der Waals surface area contributed by atoms with Gasteiger partial charge in [0.25, 0.3) is 0 Å². The normalized spacial score (nSPS) is 11.0. The van der Waals surface area contributed by atoms with Crippen molar-refractivity contribution in [1.82, 2.24) is 5.32 Å². The predicted molar refractivity (Wildman–Crippen MR) is 101 cm³/mol. The fourth-order valence-corrected chi connectivity index (χ4v) is 2.78. The van der Waals surface area contributed by atoms with Gasteiger partial charge in [-0.05, 0) is 55.1 Å². The molecule has 2 nitrogen and oxygen atoms in total. The van der Waals surface area contributed by atoms with Gasteiger partial charge in [-0.2, -0.15) is 0 Å². The van der Waals surface area contributed by atoms with Crippen LogP contribution in [0.1, 0.15) is 37.0 Å². The lowest BCUT2D eigenvalue weighted by Crippen LogP contribution is -2.17. The molecule has 0 aliphatic carbocycles. The molecule has 0 saturated heterocycles. The monoisotopic (exact) mass is 375 g/mol. The minimum Gasteiger partial charge on any atom is -0.489 e. The van der Waals surface area contributed by atoms with Crippen LogP contribution in [0.3, 0.4) is 0 Å². The molecule has 0 heterocycles. The van der Waals surface area contributed by atoms with E-state index in [2.05, 4.69) is 72.3 Å². The molecule has 0 amide bonds. The summed E-state index contributed by atoms with van der Waals surface area (Å²) in [5.74, 6) is 1.68. The molecule has 0 unspecified atom stereocenters. The molecule has 2 aromatic carbocycles. The van der Waals surface area contributed by atoms with Crippen molar-refractivity contribution in [2.24, 2.45) is 5.92 Å². The summed E-state index contributed by atoms with van der Waals surface area (Å²) < 4.78 is 7.16. The predicted octanol–water partition coefficient (Wildman–Crippen LogP) is 5.47. The molecule has 0 saturated carbocycles. The number of nitrogens with one attached hydrogen (secondary N) is 1. The average Bonchev–Trinajstić information content (AvgIpc) is 2.52. The largest absolute Gasteiger partial charge is 0.489 e. The summed E-state index contributed by atoms with van der Waals surface area (Å²) in [6.07, 6.45) is 1.19. The average molecular weight is 376 g/mol. The van der Waals surface area contributed by atoms with Crippen LogP contribution < -0.4 is 10.1 Å². The Hall–Kier alpha value is -1.32. The molecule has 0 aliphatic rings. The van der Waals surface area contributed by atoms with Crippen LogP contribution in [-0.4, -0.2) is 6.54 Å². The Bertz CT molecular complexity index is 625. The minimum absolute atomic E-state index is 0.604. The van der Waals surface area contributed by atoms with Crippen LogP contribution in [0.15, 0.2) is 46.9 Å². The highest BCUT2D eigenvalue weighted by atomic mass is 79.9. The molecule has 2 rings (SSSR count). The van der Waals surface area contributed by atoms with Crippen molar-refractivity contribution in [3.63, 3.8) is 0 Å². The quantitative estimate of drug-likeness (QED) is 0.617. The summed E-state index contributed by atoms with van der Waals surface area (Å²) in [5.41, 5.74) is 3.69. The Morgan fingerprint density at radius 3 is 2.61 bits per heavy atom. The standard InChI is InChI=1S/C20H26BrNO/c1-15(2)10-11-22-13-18-12-19(21)8-9-20(18)23-14-17-7-5-4-6-16(17)3/h4-9,12,15,22H,10-11,13-14H2,1-3H3. The summed E-state index contributed by atoms with van der Waals surface area (Å²) >= 11 is 3.55. The Balaban J connectivity index is 1.99. The number of halogens is 1. The fourth-order valence-electron chi connectivity index (χ4n) is 2.37. The number of rotatable bonds is 8. The van der Waals surface area contributed by atoms with E-state index >= 15 is 0 Å². The van der Waals surface area contributed by atoms with Gasteiger partial charge in [0.05, 0.1) is 0 Å². The second-order valence-corrected chi connectivity index (χ2v) is 7.24. The lowest BCUT2D eigenvalue weighted by Gasteiger charge is -2.14. The Labute approximate surface area is 148 Å². The zero-order valence-electron chi connectivity index (χ0n) is 14.2. The first kappa shape index (κ1) is 18.0. The summed E-state index contributed by atoms with van der Waals surface area (Å²) in [4.78, 5) is 0. The highest BCUT2D eigenvalue weighted by Gasteiger charge is 2.06. The topological polar surface area (TPSA) is 21.3 Å². The van der Waals surface area contributed by atoms with Gasteiger partial charge in [-0.25, -0.2) is 0 Å². The summed E-state index contributed by atoms with van der Waals surface area (Å²) in [6, 6.07) is 14.6. The molecule has 1 N–H and O–H groups in total. The first-order valence-electron chi connectivity index (χ1n) is 8.22. The third-order valence-electron chi connectivity index (χ3n) is 3.88. The van der Waals surface area contributed by atoms with E-state index < -0.39 is 0 Å². The van der Waals surface area contributed by atoms with Crippen LogP contribution in [0.4, 0.5) is 0 Å². The van der Waals surface area contributed by atoms with Gasteiger partial charge in [0.2, 0.25) is 0 Å². The van der Waals surface area contributed by atoms with E-state index in [0.717, 1.165) is 29.2 Å². The first-order valence-corrected chi connectivity index (χ1v) is 9.02. The van der Waals surface area contributed by atoms with Gasteiger partial charge in [0.1, 0.15) is 12.4 Å². The zero-order chi connectivity index (χ0) is 16.7. The second kappa shape index (κ2) is 9.09. The Morgan fingerprint density at radius 1 is 1.09 bits per heavy atom. The van der Waals surface area contributed by atoms with Crippen LogP contribution in [0.25, 0.3) is 0 Å². The first-order chi connectivity index (χ1) is 11.1. The van der Waals surface area contributed by atoms with Crippen LogP contribution in [0.5, 0.6) is 5.75 Å². The summed E-state index contributed by atoms with van der Waals surface area (Å²) in [7, 11) is 0. The SMILES string of the molecule is Cc1ccccc1COc1ccc(Br)cc1CNCCC(C)C. The third-order valence-corrected chi connectivity index (χ3v) is 4.37. The Kier molecular flexibility index (Phi) is 7.13. The van der Waals surface area contributed by atoms with E-state index in [1.165, 1.54) is 23.1 Å². The van der Waals surface area contributed by atoms with E-state index in [9.17, 15) is 0 Å². The van der Waals surface area contributed by atoms with E-state index in [-0.39, 0.29) is 0 Å². The molecule has 0 bridgehead atoms. The van der Waals surface area contributed by atoms with Gasteiger partial charge in [0.15, 0.2) is 0 Å². The highest BCUT2D eigenvalue weighted by Crippen LogP contribution is 2.24. The third kappa shape index (κ3) is 6.00. The lowest BCUT2D eigenvalue weighted by molar-refractivity contribution is 0.301. The van der Waals surface area contributed by atoms with Crippen LogP contribution in [0, 0.1) is 12.8 Å². The molecule has 2 aromatic rings. The van der Waals surface area contributed by atoms with Crippen LogP contribution in [0.2, 0.25) is 0 Å². The van der Waals surface area contributed by atoms with Gasteiger partial charge in [-0.3, -0.25) is 0 Å². The van der Waals surface area contributed by atoms with Crippen molar-refractivity contribution in [1.29, 1.82) is 0 Å². The van der Waals surface area contributed by atoms with Gasteiger partial charge in [-0.15, -0.1) is 0 Å². The fraction of sp³-hybridized carbons (Fsp3) is 0.400. The molecule has 0 radical (unpaired) electrons. The number of ether oxygens (including phenoxy) is 1. The van der Waals surface area contributed by atoms with Crippen molar-refractivity contribution in [2.75, 3.05) is 6.54 Å². The molecule has 0 fully saturated rings. The summed E-state index contributed by atoms with van der Waals surface area (Å²) in [6.45, 7) is 9.08. The van der Waals surface area contributed by atoms with E-state index in [0.29, 0.717) is 6.61 Å². The molecule has 0 atom stereocenters. The van der Waals surface area contributed by atoms with E-state index in [1.807, 2.05) is 12.1 Å². The lowest BCUT2D eigenvalue weighted by atomic mass is 10.1. The molecule has 3 heteroatoms. The molecular formula is C20H26BrNO.